The van der Waals surface area contributed by atoms with Gasteiger partial charge in [-0.15, -0.1) is 0 Å². The molecule has 0 bridgehead atoms. The minimum absolute atomic E-state index is 0.00567. The van der Waals surface area contributed by atoms with E-state index in [0.29, 0.717) is 22.2 Å². The highest BCUT2D eigenvalue weighted by molar-refractivity contribution is 6.37. The number of hydrogen-bond donors (Lipinski definition) is 1. The first kappa shape index (κ1) is 13.2. The molecule has 6 heteroatoms. The number of carbonyl (C=O) groups is 2. The van der Waals surface area contributed by atoms with Crippen LogP contribution in [0.5, 0.6) is 0 Å². The van der Waals surface area contributed by atoms with Gasteiger partial charge in [0.2, 0.25) is 11.8 Å². The van der Waals surface area contributed by atoms with Crippen LogP contribution in [0.15, 0.2) is 18.2 Å². The lowest BCUT2D eigenvalue weighted by molar-refractivity contribution is -0.131. The average molecular weight is 287 g/mol. The Kier molecular flexibility index (Phi) is 3.78. The van der Waals surface area contributed by atoms with E-state index in [1.54, 1.807) is 18.2 Å². The number of halogens is 2. The van der Waals surface area contributed by atoms with E-state index in [-0.39, 0.29) is 18.4 Å². The van der Waals surface area contributed by atoms with Crippen LogP contribution in [-0.4, -0.2) is 24.4 Å². The van der Waals surface area contributed by atoms with Gasteiger partial charge in [-0.05, 0) is 24.6 Å². The van der Waals surface area contributed by atoms with Crippen molar-refractivity contribution < 1.29 is 9.59 Å². The molecule has 0 saturated carbocycles. The van der Waals surface area contributed by atoms with Crippen LogP contribution in [0.3, 0.4) is 0 Å². The summed E-state index contributed by atoms with van der Waals surface area (Å²) in [5.41, 5.74) is 0.521. The summed E-state index contributed by atoms with van der Waals surface area (Å²) in [6.45, 7) is 1.84. The highest BCUT2D eigenvalue weighted by Gasteiger charge is 2.35. The number of anilines is 1. The second-order valence-corrected chi connectivity index (χ2v) is 4.84. The molecule has 1 atom stereocenters. The Balaban J connectivity index is 2.44. The number of carbonyl (C=O) groups excluding carboxylic acids is 2. The number of piperazine rings is 1. The number of nitrogens with one attached hydrogen (secondary N) is 1. The maximum absolute atomic E-state index is 12.0. The van der Waals surface area contributed by atoms with Gasteiger partial charge in [0.05, 0.1) is 17.3 Å². The molecule has 0 aliphatic carbocycles. The van der Waals surface area contributed by atoms with E-state index >= 15 is 0 Å². The molecule has 1 N–H and O–H groups in total. The van der Waals surface area contributed by atoms with Gasteiger partial charge in [-0.1, -0.05) is 30.1 Å². The van der Waals surface area contributed by atoms with Crippen molar-refractivity contribution in [1.82, 2.24) is 5.32 Å². The molecule has 1 unspecified atom stereocenters. The van der Waals surface area contributed by atoms with Crippen molar-refractivity contribution in [3.8, 4) is 0 Å². The topological polar surface area (TPSA) is 49.4 Å². The Hall–Kier alpha value is -1.26. The van der Waals surface area contributed by atoms with Crippen LogP contribution in [0.4, 0.5) is 5.69 Å². The summed E-state index contributed by atoms with van der Waals surface area (Å²) in [5, 5.41) is 3.42. The third-order valence-corrected chi connectivity index (χ3v) is 3.39. The van der Waals surface area contributed by atoms with Crippen LogP contribution in [0.2, 0.25) is 10.0 Å². The molecule has 1 fully saturated rings. The van der Waals surface area contributed by atoms with Crippen LogP contribution < -0.4 is 10.2 Å². The third kappa shape index (κ3) is 2.31. The van der Waals surface area contributed by atoms with Crippen molar-refractivity contribution >= 4 is 40.7 Å². The molecule has 2 rings (SSSR count). The summed E-state index contributed by atoms with van der Waals surface area (Å²) in [6, 6.07) is 4.34. The number of benzene rings is 1. The van der Waals surface area contributed by atoms with Gasteiger partial charge in [0.1, 0.15) is 6.04 Å². The van der Waals surface area contributed by atoms with Crippen molar-refractivity contribution in [1.29, 1.82) is 0 Å². The fraction of sp³-hybridized carbons (Fsp3) is 0.333. The molecule has 0 aromatic heterocycles. The summed E-state index contributed by atoms with van der Waals surface area (Å²) in [6.07, 6.45) is 0.524. The molecule has 96 valence electrons. The predicted molar refractivity (Wildman–Crippen MR) is 71.0 cm³/mol. The highest BCUT2D eigenvalue weighted by Crippen LogP contribution is 2.31. The van der Waals surface area contributed by atoms with Gasteiger partial charge in [-0.3, -0.25) is 14.5 Å². The zero-order chi connectivity index (χ0) is 13.3. The molecule has 4 nitrogen and oxygen atoms in total. The van der Waals surface area contributed by atoms with E-state index in [1.165, 1.54) is 4.90 Å². The average Bonchev–Trinajstić information content (AvgIpc) is 2.33. The van der Waals surface area contributed by atoms with E-state index < -0.39 is 6.04 Å². The van der Waals surface area contributed by atoms with Gasteiger partial charge in [-0.25, -0.2) is 0 Å². The van der Waals surface area contributed by atoms with Gasteiger partial charge in [0, 0.05) is 5.02 Å². The molecule has 1 aromatic carbocycles. The van der Waals surface area contributed by atoms with Gasteiger partial charge in [0.15, 0.2) is 0 Å². The fourth-order valence-corrected chi connectivity index (χ4v) is 2.50. The Morgan fingerprint density at radius 1 is 1.39 bits per heavy atom. The Morgan fingerprint density at radius 2 is 2.11 bits per heavy atom. The molecule has 18 heavy (non-hydrogen) atoms. The Morgan fingerprint density at radius 3 is 2.72 bits per heavy atom. The predicted octanol–water partition coefficient (Wildman–Crippen LogP) is 2.23. The fourth-order valence-electron chi connectivity index (χ4n) is 2.00. The van der Waals surface area contributed by atoms with E-state index in [9.17, 15) is 9.59 Å². The number of amides is 2. The highest BCUT2D eigenvalue weighted by atomic mass is 35.5. The Labute approximate surface area is 115 Å². The van der Waals surface area contributed by atoms with E-state index in [1.807, 2.05) is 6.92 Å². The molecule has 0 radical (unpaired) electrons. The van der Waals surface area contributed by atoms with Crippen LogP contribution in [0.1, 0.15) is 13.3 Å². The van der Waals surface area contributed by atoms with Gasteiger partial charge >= 0.3 is 0 Å². The zero-order valence-corrected chi connectivity index (χ0v) is 11.3. The van der Waals surface area contributed by atoms with E-state index in [0.717, 1.165) is 0 Å². The maximum atomic E-state index is 12.0. The molecule has 1 aliphatic heterocycles. The summed E-state index contributed by atoms with van der Waals surface area (Å²) in [7, 11) is 0. The van der Waals surface area contributed by atoms with Crippen molar-refractivity contribution in [2.24, 2.45) is 0 Å². The van der Waals surface area contributed by atoms with Crippen molar-refractivity contribution in [2.75, 3.05) is 11.4 Å². The molecule has 0 spiro atoms. The SMILES string of the molecule is CCC1C(=O)NCC(=O)N1c1ccc(Cl)cc1Cl. The van der Waals surface area contributed by atoms with Crippen LogP contribution in [0.25, 0.3) is 0 Å². The van der Waals surface area contributed by atoms with Gasteiger partial charge in [-0.2, -0.15) is 0 Å². The van der Waals surface area contributed by atoms with Crippen molar-refractivity contribution in [3.63, 3.8) is 0 Å². The smallest absolute Gasteiger partial charge is 0.247 e. The summed E-state index contributed by atoms with van der Waals surface area (Å²) >= 11 is 11.9. The first-order valence-corrected chi connectivity index (χ1v) is 6.35. The zero-order valence-electron chi connectivity index (χ0n) is 9.74. The molecule has 1 heterocycles. The summed E-state index contributed by atoms with van der Waals surface area (Å²) < 4.78 is 0. The molecule has 1 aliphatic rings. The normalized spacial score (nSPS) is 19.9. The van der Waals surface area contributed by atoms with Crippen LogP contribution >= 0.6 is 23.2 Å². The molecular weight excluding hydrogens is 275 g/mol. The monoisotopic (exact) mass is 286 g/mol. The van der Waals surface area contributed by atoms with Crippen LogP contribution in [0, 0.1) is 0 Å². The van der Waals surface area contributed by atoms with Gasteiger partial charge < -0.3 is 5.32 Å². The largest absolute Gasteiger partial charge is 0.345 e. The second-order valence-electron chi connectivity index (χ2n) is 4.00. The minimum atomic E-state index is -0.523. The second kappa shape index (κ2) is 5.16. The maximum Gasteiger partial charge on any atom is 0.247 e. The van der Waals surface area contributed by atoms with Crippen molar-refractivity contribution in [2.45, 2.75) is 19.4 Å². The lowest BCUT2D eigenvalue weighted by Gasteiger charge is -2.34. The summed E-state index contributed by atoms with van der Waals surface area (Å²) in [5.74, 6) is -0.339. The molecule has 2 amide bonds. The lowest BCUT2D eigenvalue weighted by Crippen LogP contribution is -2.58. The Bertz CT molecular complexity index is 505. The minimum Gasteiger partial charge on any atom is -0.345 e. The van der Waals surface area contributed by atoms with Gasteiger partial charge in [0.25, 0.3) is 0 Å². The molecule has 1 saturated heterocycles. The van der Waals surface area contributed by atoms with E-state index in [4.69, 9.17) is 23.2 Å². The standard InChI is InChI=1S/C12H12Cl2N2O2/c1-2-9-12(18)15-6-11(17)16(9)10-4-3-7(13)5-8(10)14/h3-5,9H,2,6H2,1H3,(H,15,18). The third-order valence-electron chi connectivity index (χ3n) is 2.85. The number of nitrogens with zero attached hydrogens (tertiary/aromatic N) is 1. The summed E-state index contributed by atoms with van der Waals surface area (Å²) in [4.78, 5) is 25.2. The lowest BCUT2D eigenvalue weighted by atomic mass is 10.1. The number of hydrogen-bond acceptors (Lipinski definition) is 2. The van der Waals surface area contributed by atoms with Crippen LogP contribution in [-0.2, 0) is 9.59 Å². The number of rotatable bonds is 2. The first-order valence-electron chi connectivity index (χ1n) is 5.59. The van der Waals surface area contributed by atoms with Crippen molar-refractivity contribution in [3.05, 3.63) is 28.2 Å². The quantitative estimate of drug-likeness (QED) is 0.906. The first-order chi connectivity index (χ1) is 8.54. The van der Waals surface area contributed by atoms with E-state index in [2.05, 4.69) is 5.32 Å². The molecular formula is C12H12Cl2N2O2. The molecule has 1 aromatic rings.